The van der Waals surface area contributed by atoms with Crippen molar-refractivity contribution in [1.82, 2.24) is 0 Å². The molecule has 0 heterocycles. The predicted octanol–water partition coefficient (Wildman–Crippen LogP) is 8.15. The van der Waals surface area contributed by atoms with Crippen molar-refractivity contribution in [2.75, 3.05) is 5.75 Å². The van der Waals surface area contributed by atoms with Crippen molar-refractivity contribution in [1.29, 1.82) is 0 Å². The van der Waals surface area contributed by atoms with Gasteiger partial charge < -0.3 is 0 Å². The van der Waals surface area contributed by atoms with Crippen LogP contribution in [0.15, 0.2) is 102 Å². The molecule has 2 aliphatic carbocycles. The molecule has 36 heavy (non-hydrogen) atoms. The number of Topliss-reactive ketones (excluding diaryl/α,β-unsaturated/α-hetero) is 1. The van der Waals surface area contributed by atoms with Crippen molar-refractivity contribution in [3.05, 3.63) is 87.8 Å². The zero-order chi connectivity index (χ0) is 25.8. The summed E-state index contributed by atoms with van der Waals surface area (Å²) in [5.41, 5.74) is -1.28. The van der Waals surface area contributed by atoms with Crippen molar-refractivity contribution >= 4 is 58.1 Å². The Morgan fingerprint density at radius 1 is 0.833 bits per heavy atom. The van der Waals surface area contributed by atoms with E-state index in [1.54, 1.807) is 0 Å². The first-order valence-electron chi connectivity index (χ1n) is 11.9. The highest BCUT2D eigenvalue weighted by molar-refractivity contribution is 9.10. The lowest BCUT2D eigenvalue weighted by atomic mass is 9.70. The van der Waals surface area contributed by atoms with Crippen LogP contribution < -0.4 is 0 Å². The van der Waals surface area contributed by atoms with Crippen LogP contribution in [-0.2, 0) is 18.5 Å². The summed E-state index contributed by atoms with van der Waals surface area (Å²) in [7, 11) is -6.82. The van der Waals surface area contributed by atoms with Gasteiger partial charge in [0, 0.05) is 30.1 Å². The maximum atomic E-state index is 14.1. The summed E-state index contributed by atoms with van der Waals surface area (Å²) in [5.74, 6) is -0.00958. The van der Waals surface area contributed by atoms with E-state index in [0.29, 0.717) is 12.8 Å². The first-order valence-corrected chi connectivity index (χ1v) is 16.6. The Morgan fingerprint density at radius 2 is 1.33 bits per heavy atom. The molecule has 0 saturated heterocycles. The van der Waals surface area contributed by atoms with E-state index < -0.39 is 25.8 Å². The van der Waals surface area contributed by atoms with E-state index in [4.69, 9.17) is 3.63 Å². The second kappa shape index (κ2) is 9.38. The van der Waals surface area contributed by atoms with Gasteiger partial charge in [0.25, 0.3) is 10.1 Å². The van der Waals surface area contributed by atoms with Gasteiger partial charge in [0.05, 0.1) is 11.2 Å². The SMILES string of the molecule is CC1(C)C2CCC1(CS(=O)(=O)OS(c1ccccc1)(c1ccc(Br)cc1)c1ccc(Br)cc1)C(=O)C2. The smallest absolute Gasteiger partial charge is 0.278 e. The minimum atomic E-state index is -4.14. The highest BCUT2D eigenvalue weighted by atomic mass is 79.9. The van der Waals surface area contributed by atoms with Crippen LogP contribution in [0, 0.1) is 16.7 Å². The standard InChI is InChI=1S/C28H28Br2O4S2/c1-27(2)20-16-17-28(27,26(31)18-20)19-35(32,33)34-36(23-6-4-3-5-7-23,24-12-8-21(29)9-13-24)25-14-10-22(30)11-15-25/h3-15,20H,16-19H2,1-2H3. The molecule has 0 N–H and O–H groups in total. The minimum Gasteiger partial charge on any atom is -0.299 e. The summed E-state index contributed by atoms with van der Waals surface area (Å²) in [6.45, 7) is 4.09. The maximum absolute atomic E-state index is 14.1. The molecule has 0 amide bonds. The maximum Gasteiger partial charge on any atom is 0.278 e. The van der Waals surface area contributed by atoms with Crippen molar-refractivity contribution in [3.8, 4) is 0 Å². The summed E-state index contributed by atoms with van der Waals surface area (Å²) >= 11 is 7.00. The number of carbonyl (C=O) groups excluding carboxylic acids is 1. The van der Waals surface area contributed by atoms with Crippen molar-refractivity contribution in [2.45, 2.75) is 47.8 Å². The molecule has 0 spiro atoms. The van der Waals surface area contributed by atoms with Crippen LogP contribution in [0.1, 0.15) is 33.1 Å². The second-order valence-electron chi connectivity index (χ2n) is 10.2. The van der Waals surface area contributed by atoms with Gasteiger partial charge in [-0.2, -0.15) is 8.42 Å². The Balaban J connectivity index is 1.69. The van der Waals surface area contributed by atoms with Crippen LogP contribution in [0.25, 0.3) is 0 Å². The Bertz CT molecular complexity index is 1340. The number of halogens is 2. The number of hydrogen-bond acceptors (Lipinski definition) is 4. The van der Waals surface area contributed by atoms with Crippen molar-refractivity contribution in [2.24, 2.45) is 16.7 Å². The molecule has 2 fully saturated rings. The molecule has 2 saturated carbocycles. The molecule has 2 bridgehead atoms. The molecule has 190 valence electrons. The third-order valence-electron chi connectivity index (χ3n) is 8.13. The van der Waals surface area contributed by atoms with Crippen LogP contribution in [0.5, 0.6) is 0 Å². The molecule has 0 radical (unpaired) electrons. The monoisotopic (exact) mass is 650 g/mol. The fourth-order valence-electron chi connectivity index (χ4n) is 5.98. The van der Waals surface area contributed by atoms with E-state index in [-0.39, 0.29) is 22.9 Å². The fraction of sp³-hybridized carbons (Fsp3) is 0.321. The van der Waals surface area contributed by atoms with Crippen LogP contribution in [0.4, 0.5) is 0 Å². The third-order valence-corrected chi connectivity index (χ3v) is 14.5. The van der Waals surface area contributed by atoms with Crippen molar-refractivity contribution < 1.29 is 16.8 Å². The molecule has 2 atom stereocenters. The topological polar surface area (TPSA) is 60.4 Å². The molecular weight excluding hydrogens is 624 g/mol. The average Bonchev–Trinajstić information content (AvgIpc) is 3.18. The normalized spacial score (nSPS) is 23.7. The highest BCUT2D eigenvalue weighted by Crippen LogP contribution is 2.71. The Hall–Kier alpha value is -1.45. The zero-order valence-electron chi connectivity index (χ0n) is 20.1. The van der Waals surface area contributed by atoms with Gasteiger partial charge >= 0.3 is 0 Å². The number of carbonyl (C=O) groups is 1. The Kier molecular flexibility index (Phi) is 6.82. The predicted molar refractivity (Wildman–Crippen MR) is 151 cm³/mol. The highest BCUT2D eigenvalue weighted by Gasteiger charge is 2.65. The van der Waals surface area contributed by atoms with Crippen molar-refractivity contribution in [3.63, 3.8) is 0 Å². The molecule has 2 aliphatic rings. The molecular formula is C28H28Br2O4S2. The van der Waals surface area contributed by atoms with E-state index in [2.05, 4.69) is 31.9 Å². The summed E-state index contributed by atoms with van der Waals surface area (Å²) < 4.78 is 36.5. The molecule has 0 aliphatic heterocycles. The molecule has 8 heteroatoms. The van der Waals surface area contributed by atoms with Gasteiger partial charge in [-0.15, -0.1) is 0 Å². The van der Waals surface area contributed by atoms with Crippen LogP contribution >= 0.6 is 42.2 Å². The van der Waals surface area contributed by atoms with Crippen LogP contribution in [0.3, 0.4) is 0 Å². The summed E-state index contributed by atoms with van der Waals surface area (Å²) in [6, 6.07) is 24.8. The number of ketones is 1. The van der Waals surface area contributed by atoms with Gasteiger partial charge in [-0.25, -0.2) is 3.63 Å². The van der Waals surface area contributed by atoms with Gasteiger partial charge in [-0.05, 0) is 95.1 Å². The number of fused-ring (bicyclic) bond motifs is 2. The zero-order valence-corrected chi connectivity index (χ0v) is 24.9. The number of rotatable bonds is 7. The van der Waals surface area contributed by atoms with E-state index in [9.17, 15) is 13.2 Å². The fourth-order valence-corrected chi connectivity index (χ4v) is 12.6. The van der Waals surface area contributed by atoms with Gasteiger partial charge in [0.15, 0.2) is 0 Å². The molecule has 3 aromatic rings. The molecule has 5 rings (SSSR count). The third kappa shape index (κ3) is 4.23. The molecule has 2 unspecified atom stereocenters. The van der Waals surface area contributed by atoms with E-state index in [1.165, 1.54) is 0 Å². The second-order valence-corrected chi connectivity index (χ2v) is 16.5. The van der Waals surface area contributed by atoms with Crippen LogP contribution in [-0.4, -0.2) is 20.0 Å². The quantitative estimate of drug-likeness (QED) is 0.259. The first-order chi connectivity index (χ1) is 17.0. The lowest BCUT2D eigenvalue weighted by Crippen LogP contribution is -2.42. The van der Waals surface area contributed by atoms with Crippen LogP contribution in [0.2, 0.25) is 0 Å². The molecule has 3 aromatic carbocycles. The summed E-state index contributed by atoms with van der Waals surface area (Å²) in [4.78, 5) is 15.5. The number of hydrogen-bond donors (Lipinski definition) is 0. The summed E-state index contributed by atoms with van der Waals surface area (Å²) in [6.07, 6.45) is 1.93. The van der Waals surface area contributed by atoms with Gasteiger partial charge in [-0.3, -0.25) is 4.79 Å². The average molecular weight is 652 g/mol. The summed E-state index contributed by atoms with van der Waals surface area (Å²) in [5, 5.41) is 0. The lowest BCUT2D eigenvalue weighted by Gasteiger charge is -2.41. The molecule has 0 aromatic heterocycles. The molecule has 4 nitrogen and oxygen atoms in total. The van der Waals surface area contributed by atoms with E-state index in [0.717, 1.165) is 30.1 Å². The minimum absolute atomic E-state index is 0.0588. The largest absolute Gasteiger partial charge is 0.299 e. The van der Waals surface area contributed by atoms with E-state index >= 15 is 0 Å². The Morgan fingerprint density at radius 3 is 1.78 bits per heavy atom. The first kappa shape index (κ1) is 26.2. The Labute approximate surface area is 231 Å². The number of benzene rings is 3. The lowest BCUT2D eigenvalue weighted by molar-refractivity contribution is -0.128. The van der Waals surface area contributed by atoms with Gasteiger partial charge in [0.2, 0.25) is 0 Å². The van der Waals surface area contributed by atoms with E-state index in [1.807, 2.05) is 92.7 Å². The van der Waals surface area contributed by atoms with Gasteiger partial charge in [0.1, 0.15) is 5.78 Å². The van der Waals surface area contributed by atoms with Gasteiger partial charge in [-0.1, -0.05) is 63.9 Å².